The maximum atomic E-state index is 11.9. The van der Waals surface area contributed by atoms with Gasteiger partial charge in [-0.2, -0.15) is 0 Å². The number of H-pyrrole nitrogens is 1. The number of imidazole rings is 1. The molecule has 0 radical (unpaired) electrons. The molecule has 1 aromatic carbocycles. The molecule has 0 spiro atoms. The van der Waals surface area contributed by atoms with Crippen LogP contribution in [-0.2, 0) is 9.53 Å². The van der Waals surface area contributed by atoms with Crippen LogP contribution >= 0.6 is 15.9 Å². The molecule has 2 aromatic rings. The molecule has 0 bridgehead atoms. The van der Waals surface area contributed by atoms with Crippen LogP contribution in [0.1, 0.15) is 32.6 Å². The number of rotatable bonds is 6. The lowest BCUT2D eigenvalue weighted by atomic mass is 10.2. The van der Waals surface area contributed by atoms with Gasteiger partial charge in [-0.25, -0.2) is 4.98 Å². The number of aromatic nitrogens is 2. The number of benzene rings is 1. The van der Waals surface area contributed by atoms with Crippen molar-refractivity contribution < 1.29 is 9.53 Å². The first kappa shape index (κ1) is 16.7. The van der Waals surface area contributed by atoms with E-state index < -0.39 is 6.10 Å². The largest absolute Gasteiger partial charge is 0.369 e. The molecule has 0 aliphatic rings. The zero-order chi connectivity index (χ0) is 16.1. The average molecular weight is 366 g/mol. The molecule has 118 valence electrons. The molecule has 2 rings (SSSR count). The van der Waals surface area contributed by atoms with Crippen LogP contribution in [0, 0.1) is 0 Å². The number of amides is 1. The van der Waals surface area contributed by atoms with Gasteiger partial charge in [0.15, 0.2) is 0 Å². The highest BCUT2D eigenvalue weighted by Gasteiger charge is 2.18. The molecule has 6 heteroatoms. The Bertz CT molecular complexity index is 625. The zero-order valence-corrected chi connectivity index (χ0v) is 14.5. The first-order valence-corrected chi connectivity index (χ1v) is 8.03. The summed E-state index contributed by atoms with van der Waals surface area (Å²) in [6, 6.07) is 7.75. The number of carbonyl (C=O) groups excluding carboxylic acids is 1. The molecule has 0 aliphatic heterocycles. The molecule has 1 aromatic heterocycles. The van der Waals surface area contributed by atoms with Gasteiger partial charge in [-0.15, -0.1) is 0 Å². The quantitative estimate of drug-likeness (QED) is 0.823. The van der Waals surface area contributed by atoms with Crippen molar-refractivity contribution in [3.8, 4) is 11.3 Å². The smallest absolute Gasteiger partial charge is 0.249 e. The molecule has 0 unspecified atom stereocenters. The maximum absolute atomic E-state index is 11.9. The Balaban J connectivity index is 2.04. The number of nitrogens with zero attached hydrogens (tertiary/aromatic N) is 1. The van der Waals surface area contributed by atoms with Crippen LogP contribution in [0.4, 0.5) is 0 Å². The second-order valence-electron chi connectivity index (χ2n) is 5.02. The van der Waals surface area contributed by atoms with Crippen molar-refractivity contribution in [3.05, 3.63) is 40.8 Å². The van der Waals surface area contributed by atoms with Crippen molar-refractivity contribution in [1.82, 2.24) is 15.3 Å². The van der Waals surface area contributed by atoms with Gasteiger partial charge < -0.3 is 15.0 Å². The summed E-state index contributed by atoms with van der Waals surface area (Å²) in [6.07, 6.45) is 1.31. The Morgan fingerprint density at radius 2 is 2.05 bits per heavy atom. The average Bonchev–Trinajstić information content (AvgIpc) is 2.98. The van der Waals surface area contributed by atoms with E-state index in [2.05, 4.69) is 31.2 Å². The molecule has 1 heterocycles. The molecule has 0 aliphatic carbocycles. The first-order chi connectivity index (χ1) is 10.5. The summed E-state index contributed by atoms with van der Waals surface area (Å²) in [7, 11) is 0. The summed E-state index contributed by atoms with van der Waals surface area (Å²) in [6.45, 7) is 6.00. The van der Waals surface area contributed by atoms with Crippen LogP contribution < -0.4 is 5.32 Å². The van der Waals surface area contributed by atoms with E-state index in [9.17, 15) is 4.79 Å². The maximum Gasteiger partial charge on any atom is 0.249 e. The lowest BCUT2D eigenvalue weighted by Gasteiger charge is -2.16. The van der Waals surface area contributed by atoms with E-state index in [1.54, 1.807) is 13.1 Å². The number of halogens is 1. The second-order valence-corrected chi connectivity index (χ2v) is 5.93. The monoisotopic (exact) mass is 365 g/mol. The Labute approximate surface area is 138 Å². The molecule has 2 atom stereocenters. The van der Waals surface area contributed by atoms with E-state index in [1.165, 1.54) is 0 Å². The molecule has 0 saturated heterocycles. The van der Waals surface area contributed by atoms with Gasteiger partial charge >= 0.3 is 0 Å². The van der Waals surface area contributed by atoms with Gasteiger partial charge in [-0.1, -0.05) is 28.1 Å². The topological polar surface area (TPSA) is 67.0 Å². The van der Waals surface area contributed by atoms with Crippen LogP contribution in [0.3, 0.4) is 0 Å². The number of hydrogen-bond acceptors (Lipinski definition) is 3. The molecular formula is C16H20BrN3O2. The van der Waals surface area contributed by atoms with Crippen molar-refractivity contribution >= 4 is 21.8 Å². The molecule has 5 nitrogen and oxygen atoms in total. The fourth-order valence-electron chi connectivity index (χ4n) is 2.06. The predicted octanol–water partition coefficient (Wildman–Crippen LogP) is 3.44. The van der Waals surface area contributed by atoms with E-state index in [0.717, 1.165) is 21.6 Å². The van der Waals surface area contributed by atoms with Crippen molar-refractivity contribution in [2.45, 2.75) is 32.9 Å². The van der Waals surface area contributed by atoms with Gasteiger partial charge in [0.2, 0.25) is 5.91 Å². The van der Waals surface area contributed by atoms with Crippen molar-refractivity contribution in [2.24, 2.45) is 0 Å². The van der Waals surface area contributed by atoms with Gasteiger partial charge in [0.25, 0.3) is 0 Å². The minimum atomic E-state index is -0.464. The Morgan fingerprint density at radius 3 is 2.68 bits per heavy atom. The van der Waals surface area contributed by atoms with E-state index in [0.29, 0.717) is 6.61 Å². The minimum absolute atomic E-state index is 0.143. The van der Waals surface area contributed by atoms with Crippen molar-refractivity contribution in [1.29, 1.82) is 0 Å². The number of carbonyl (C=O) groups is 1. The molecular weight excluding hydrogens is 346 g/mol. The number of hydrogen-bond donors (Lipinski definition) is 2. The minimum Gasteiger partial charge on any atom is -0.369 e. The van der Waals surface area contributed by atoms with E-state index in [4.69, 9.17) is 4.74 Å². The highest BCUT2D eigenvalue weighted by atomic mass is 79.9. The van der Waals surface area contributed by atoms with E-state index in [1.807, 2.05) is 38.1 Å². The second kappa shape index (κ2) is 7.56. The van der Waals surface area contributed by atoms with Crippen LogP contribution in [0.2, 0.25) is 0 Å². The fraction of sp³-hybridized carbons (Fsp3) is 0.375. The number of aromatic amines is 1. The molecule has 22 heavy (non-hydrogen) atoms. The van der Waals surface area contributed by atoms with Gasteiger partial charge in [0.1, 0.15) is 11.9 Å². The summed E-state index contributed by atoms with van der Waals surface area (Å²) in [5.41, 5.74) is 1.96. The van der Waals surface area contributed by atoms with Gasteiger partial charge in [-0.05, 0) is 38.5 Å². The predicted molar refractivity (Wildman–Crippen MR) is 89.4 cm³/mol. The van der Waals surface area contributed by atoms with Crippen LogP contribution in [-0.4, -0.2) is 28.6 Å². The Hall–Kier alpha value is -1.66. The molecule has 0 saturated carbocycles. The number of nitrogens with one attached hydrogen (secondary N) is 2. The van der Waals surface area contributed by atoms with Crippen LogP contribution in [0.5, 0.6) is 0 Å². The summed E-state index contributed by atoms with van der Waals surface area (Å²) in [5.74, 6) is 0.575. The molecule has 0 fully saturated rings. The third-order valence-electron chi connectivity index (χ3n) is 3.31. The van der Waals surface area contributed by atoms with Gasteiger partial charge in [-0.3, -0.25) is 4.79 Å². The summed E-state index contributed by atoms with van der Waals surface area (Å²) >= 11 is 3.41. The van der Waals surface area contributed by atoms with Crippen LogP contribution in [0.15, 0.2) is 34.9 Å². The summed E-state index contributed by atoms with van der Waals surface area (Å²) in [5, 5.41) is 2.89. The Morgan fingerprint density at radius 1 is 1.36 bits per heavy atom. The highest BCUT2D eigenvalue weighted by Crippen LogP contribution is 2.21. The van der Waals surface area contributed by atoms with E-state index >= 15 is 0 Å². The summed E-state index contributed by atoms with van der Waals surface area (Å²) in [4.78, 5) is 19.5. The Kier molecular flexibility index (Phi) is 5.74. The lowest BCUT2D eigenvalue weighted by Crippen LogP contribution is -2.36. The SMILES string of the molecule is CCO[C@@H](C)C(=O)N[C@H](C)c1ncc(-c2ccc(Br)cc2)[nH]1. The lowest BCUT2D eigenvalue weighted by molar-refractivity contribution is -0.132. The van der Waals surface area contributed by atoms with E-state index in [-0.39, 0.29) is 11.9 Å². The molecule has 2 N–H and O–H groups in total. The zero-order valence-electron chi connectivity index (χ0n) is 12.9. The van der Waals surface area contributed by atoms with Crippen LogP contribution in [0.25, 0.3) is 11.3 Å². The van der Waals surface area contributed by atoms with Crippen molar-refractivity contribution in [2.75, 3.05) is 6.61 Å². The third-order valence-corrected chi connectivity index (χ3v) is 3.83. The first-order valence-electron chi connectivity index (χ1n) is 7.24. The highest BCUT2D eigenvalue weighted by molar-refractivity contribution is 9.10. The fourth-order valence-corrected chi connectivity index (χ4v) is 2.32. The standard InChI is InChI=1S/C16H20BrN3O2/c1-4-22-11(3)16(21)19-10(2)15-18-9-14(20-15)12-5-7-13(17)8-6-12/h5-11H,4H2,1-3H3,(H,18,20)(H,19,21)/t10-,11+/m1/s1. The third kappa shape index (κ3) is 4.18. The normalized spacial score (nSPS) is 13.6. The summed E-state index contributed by atoms with van der Waals surface area (Å²) < 4.78 is 6.31. The van der Waals surface area contributed by atoms with Crippen molar-refractivity contribution in [3.63, 3.8) is 0 Å². The van der Waals surface area contributed by atoms with Gasteiger partial charge in [0, 0.05) is 11.1 Å². The van der Waals surface area contributed by atoms with Gasteiger partial charge in [0.05, 0.1) is 17.9 Å². The molecule has 1 amide bonds. The number of ether oxygens (including phenoxy) is 1.